The molecule has 0 bridgehead atoms. The number of aromatic nitrogens is 1. The monoisotopic (exact) mass is 288 g/mol. The van der Waals surface area contributed by atoms with Crippen molar-refractivity contribution in [2.75, 3.05) is 25.6 Å². The van der Waals surface area contributed by atoms with Crippen LogP contribution >= 0.6 is 15.9 Å². The second kappa shape index (κ2) is 6.83. The van der Waals surface area contributed by atoms with Gasteiger partial charge in [-0.15, -0.1) is 0 Å². The van der Waals surface area contributed by atoms with Crippen molar-refractivity contribution < 1.29 is 9.84 Å². The average Bonchev–Trinajstić information content (AvgIpc) is 2.23. The molecule has 1 atom stereocenters. The minimum Gasteiger partial charge on any atom is -0.396 e. The summed E-state index contributed by atoms with van der Waals surface area (Å²) in [6.07, 6.45) is 2.44. The molecule has 1 aromatic rings. The highest BCUT2D eigenvalue weighted by molar-refractivity contribution is 9.10. The Morgan fingerprint density at radius 2 is 2.38 bits per heavy atom. The van der Waals surface area contributed by atoms with E-state index in [1.807, 2.05) is 13.0 Å². The molecule has 2 N–H and O–H groups in total. The van der Waals surface area contributed by atoms with E-state index < -0.39 is 0 Å². The Morgan fingerprint density at radius 3 is 2.94 bits per heavy atom. The molecule has 1 heterocycles. The maximum absolute atomic E-state index is 8.93. The fourth-order valence-corrected chi connectivity index (χ4v) is 1.97. The molecule has 0 fully saturated rings. The third-order valence-electron chi connectivity index (χ3n) is 2.16. The van der Waals surface area contributed by atoms with Crippen molar-refractivity contribution in [3.8, 4) is 0 Å². The summed E-state index contributed by atoms with van der Waals surface area (Å²) in [6.45, 7) is 2.66. The lowest BCUT2D eigenvalue weighted by Gasteiger charge is -2.18. The lowest BCUT2D eigenvalue weighted by atomic mass is 10.2. The average molecular weight is 289 g/mol. The van der Waals surface area contributed by atoms with Crippen LogP contribution in [0.1, 0.15) is 12.0 Å². The smallest absolute Gasteiger partial charge is 0.140 e. The van der Waals surface area contributed by atoms with E-state index in [2.05, 4.69) is 26.2 Å². The first-order valence-electron chi connectivity index (χ1n) is 5.16. The van der Waals surface area contributed by atoms with E-state index in [1.54, 1.807) is 13.3 Å². The molecular formula is C11H17BrN2O2. The maximum Gasteiger partial charge on any atom is 0.140 e. The SMILES string of the molecule is COCC(CCO)Nc1ncc(C)cc1Br. The molecule has 5 heteroatoms. The number of ether oxygens (including phenoxy) is 1. The van der Waals surface area contributed by atoms with Gasteiger partial charge in [-0.25, -0.2) is 4.98 Å². The predicted molar refractivity (Wildman–Crippen MR) is 67.7 cm³/mol. The van der Waals surface area contributed by atoms with Gasteiger partial charge in [-0.05, 0) is 40.9 Å². The Labute approximate surface area is 104 Å². The summed E-state index contributed by atoms with van der Waals surface area (Å²) in [5.41, 5.74) is 1.10. The molecule has 0 saturated carbocycles. The van der Waals surface area contributed by atoms with Crippen LogP contribution in [0.3, 0.4) is 0 Å². The largest absolute Gasteiger partial charge is 0.396 e. The van der Waals surface area contributed by atoms with Crippen LogP contribution in [0.15, 0.2) is 16.7 Å². The van der Waals surface area contributed by atoms with Gasteiger partial charge in [0.15, 0.2) is 0 Å². The molecule has 1 aromatic heterocycles. The summed E-state index contributed by atoms with van der Waals surface area (Å²) in [4.78, 5) is 4.29. The fourth-order valence-electron chi connectivity index (χ4n) is 1.39. The molecule has 0 amide bonds. The summed E-state index contributed by atoms with van der Waals surface area (Å²) in [5.74, 6) is 0.779. The molecule has 0 aromatic carbocycles. The summed E-state index contributed by atoms with van der Waals surface area (Å²) in [6, 6.07) is 2.07. The van der Waals surface area contributed by atoms with E-state index in [0.717, 1.165) is 15.9 Å². The summed E-state index contributed by atoms with van der Waals surface area (Å²) < 4.78 is 6.00. The predicted octanol–water partition coefficient (Wildman–Crippen LogP) is 1.96. The van der Waals surface area contributed by atoms with E-state index in [1.165, 1.54) is 0 Å². The normalized spacial score (nSPS) is 12.5. The van der Waals surface area contributed by atoms with Gasteiger partial charge < -0.3 is 15.2 Å². The van der Waals surface area contributed by atoms with Crippen molar-refractivity contribution in [3.63, 3.8) is 0 Å². The molecule has 1 rings (SSSR count). The Morgan fingerprint density at radius 1 is 1.62 bits per heavy atom. The van der Waals surface area contributed by atoms with Gasteiger partial charge in [-0.1, -0.05) is 0 Å². The standard InChI is InChI=1S/C11H17BrN2O2/c1-8-5-10(12)11(13-6-8)14-9(3-4-15)7-16-2/h5-6,9,15H,3-4,7H2,1-2H3,(H,13,14). The second-order valence-corrected chi connectivity index (χ2v) is 4.51. The van der Waals surface area contributed by atoms with E-state index in [9.17, 15) is 0 Å². The first-order chi connectivity index (χ1) is 7.67. The van der Waals surface area contributed by atoms with Gasteiger partial charge in [0.05, 0.1) is 17.1 Å². The zero-order valence-electron chi connectivity index (χ0n) is 9.53. The van der Waals surface area contributed by atoms with Crippen LogP contribution in [0.4, 0.5) is 5.82 Å². The van der Waals surface area contributed by atoms with Crippen LogP contribution in [0.5, 0.6) is 0 Å². The van der Waals surface area contributed by atoms with Crippen molar-refractivity contribution >= 4 is 21.7 Å². The Bertz CT molecular complexity index is 328. The topological polar surface area (TPSA) is 54.4 Å². The van der Waals surface area contributed by atoms with Crippen LogP contribution in [0.2, 0.25) is 0 Å². The molecule has 0 aliphatic rings. The van der Waals surface area contributed by atoms with Crippen LogP contribution in [0.25, 0.3) is 0 Å². The summed E-state index contributed by atoms with van der Waals surface area (Å²) >= 11 is 3.45. The molecule has 0 aliphatic carbocycles. The van der Waals surface area contributed by atoms with Gasteiger partial charge in [0, 0.05) is 19.9 Å². The second-order valence-electron chi connectivity index (χ2n) is 3.65. The first-order valence-corrected chi connectivity index (χ1v) is 5.95. The number of aliphatic hydroxyl groups excluding tert-OH is 1. The number of aryl methyl sites for hydroxylation is 1. The number of anilines is 1. The highest BCUT2D eigenvalue weighted by Crippen LogP contribution is 2.21. The lowest BCUT2D eigenvalue weighted by molar-refractivity contribution is 0.170. The van der Waals surface area contributed by atoms with Gasteiger partial charge >= 0.3 is 0 Å². The Hall–Kier alpha value is -0.650. The Kier molecular flexibility index (Phi) is 5.73. The lowest BCUT2D eigenvalue weighted by Crippen LogP contribution is -2.26. The molecule has 4 nitrogen and oxygen atoms in total. The molecule has 0 radical (unpaired) electrons. The number of hydrogen-bond acceptors (Lipinski definition) is 4. The van der Waals surface area contributed by atoms with Crippen LogP contribution < -0.4 is 5.32 Å². The maximum atomic E-state index is 8.93. The van der Waals surface area contributed by atoms with Crippen molar-refractivity contribution in [2.45, 2.75) is 19.4 Å². The first kappa shape index (κ1) is 13.4. The third kappa shape index (κ3) is 4.08. The number of nitrogens with zero attached hydrogens (tertiary/aromatic N) is 1. The zero-order valence-corrected chi connectivity index (χ0v) is 11.1. The minimum atomic E-state index is 0.0708. The molecule has 1 unspecified atom stereocenters. The number of methoxy groups -OCH3 is 1. The minimum absolute atomic E-state index is 0.0708. The Balaban J connectivity index is 2.68. The number of hydrogen-bond donors (Lipinski definition) is 2. The molecular weight excluding hydrogens is 272 g/mol. The van der Waals surface area contributed by atoms with Crippen molar-refractivity contribution in [3.05, 3.63) is 22.3 Å². The third-order valence-corrected chi connectivity index (χ3v) is 2.77. The van der Waals surface area contributed by atoms with Crippen LogP contribution in [-0.4, -0.2) is 36.5 Å². The molecule has 0 aliphatic heterocycles. The number of nitrogens with one attached hydrogen (secondary N) is 1. The van der Waals surface area contributed by atoms with Crippen LogP contribution in [-0.2, 0) is 4.74 Å². The van der Waals surface area contributed by atoms with Gasteiger partial charge in [0.2, 0.25) is 0 Å². The molecule has 90 valence electrons. The number of rotatable bonds is 6. The summed E-state index contributed by atoms with van der Waals surface area (Å²) in [7, 11) is 1.64. The van der Waals surface area contributed by atoms with E-state index in [-0.39, 0.29) is 12.6 Å². The van der Waals surface area contributed by atoms with E-state index in [0.29, 0.717) is 13.0 Å². The molecule has 0 saturated heterocycles. The fraction of sp³-hybridized carbons (Fsp3) is 0.545. The number of pyridine rings is 1. The van der Waals surface area contributed by atoms with Crippen LogP contribution in [0, 0.1) is 6.92 Å². The van der Waals surface area contributed by atoms with Gasteiger partial charge in [0.1, 0.15) is 5.82 Å². The van der Waals surface area contributed by atoms with Gasteiger partial charge in [0.25, 0.3) is 0 Å². The number of halogens is 1. The van der Waals surface area contributed by atoms with Gasteiger partial charge in [-0.3, -0.25) is 0 Å². The molecule has 16 heavy (non-hydrogen) atoms. The zero-order chi connectivity index (χ0) is 12.0. The highest BCUT2D eigenvalue weighted by atomic mass is 79.9. The summed E-state index contributed by atoms with van der Waals surface area (Å²) in [5, 5.41) is 12.2. The van der Waals surface area contributed by atoms with Crippen molar-refractivity contribution in [1.29, 1.82) is 0 Å². The van der Waals surface area contributed by atoms with Gasteiger partial charge in [-0.2, -0.15) is 0 Å². The van der Waals surface area contributed by atoms with Crippen molar-refractivity contribution in [1.82, 2.24) is 4.98 Å². The quantitative estimate of drug-likeness (QED) is 0.840. The molecule has 0 spiro atoms. The van der Waals surface area contributed by atoms with Crippen molar-refractivity contribution in [2.24, 2.45) is 0 Å². The number of aliphatic hydroxyl groups is 1. The highest BCUT2D eigenvalue weighted by Gasteiger charge is 2.10. The van der Waals surface area contributed by atoms with E-state index >= 15 is 0 Å². The van der Waals surface area contributed by atoms with E-state index in [4.69, 9.17) is 9.84 Å².